The Morgan fingerprint density at radius 2 is 1.78 bits per heavy atom. The average molecular weight is 491 g/mol. The van der Waals surface area contributed by atoms with E-state index in [0.29, 0.717) is 17.9 Å². The highest BCUT2D eigenvalue weighted by Gasteiger charge is 2.17. The first-order valence-corrected chi connectivity index (χ1v) is 10.9. The molecule has 1 heterocycles. The van der Waals surface area contributed by atoms with E-state index >= 15 is 0 Å². The Morgan fingerprint density at radius 1 is 1.00 bits per heavy atom. The second kappa shape index (κ2) is 9.32. The Labute approximate surface area is 195 Å². The van der Waals surface area contributed by atoms with Gasteiger partial charge in [0.25, 0.3) is 0 Å². The zero-order valence-corrected chi connectivity index (χ0v) is 19.4. The van der Waals surface area contributed by atoms with Gasteiger partial charge in [0.2, 0.25) is 0 Å². The zero-order valence-electron chi connectivity index (χ0n) is 17.8. The molecule has 5 nitrogen and oxygen atoms in total. The summed E-state index contributed by atoms with van der Waals surface area (Å²) in [4.78, 5) is 12.1. The molecule has 0 aliphatic rings. The molecule has 0 atom stereocenters. The third kappa shape index (κ3) is 4.55. The van der Waals surface area contributed by atoms with Crippen molar-refractivity contribution in [3.8, 4) is 22.7 Å². The summed E-state index contributed by atoms with van der Waals surface area (Å²) >= 11 is 3.58. The van der Waals surface area contributed by atoms with Crippen molar-refractivity contribution in [2.45, 2.75) is 13.5 Å². The minimum atomic E-state index is -0.431. The number of nitrogens with two attached hydrogens (primary N) is 1. The average Bonchev–Trinajstić information content (AvgIpc) is 3.19. The van der Waals surface area contributed by atoms with Crippen LogP contribution in [0, 0.1) is 6.92 Å². The van der Waals surface area contributed by atoms with Crippen molar-refractivity contribution >= 4 is 27.6 Å². The molecule has 0 aliphatic carbocycles. The number of rotatable bonds is 6. The second-order valence-corrected chi connectivity index (χ2v) is 8.33. The van der Waals surface area contributed by atoms with Crippen LogP contribution in [0.2, 0.25) is 0 Å². The maximum Gasteiger partial charge on any atom is 0.337 e. The molecule has 0 bridgehead atoms. The smallest absolute Gasteiger partial charge is 0.337 e. The van der Waals surface area contributed by atoms with Crippen LogP contribution in [0.15, 0.2) is 83.3 Å². The molecule has 2 N–H and O–H groups in total. The van der Waals surface area contributed by atoms with Gasteiger partial charge < -0.3 is 19.8 Å². The van der Waals surface area contributed by atoms with E-state index in [1.54, 1.807) is 12.1 Å². The van der Waals surface area contributed by atoms with Gasteiger partial charge in [-0.05, 0) is 61.0 Å². The molecule has 0 saturated carbocycles. The molecule has 0 fully saturated rings. The second-order valence-electron chi connectivity index (χ2n) is 7.41. The number of esters is 1. The quantitative estimate of drug-likeness (QED) is 0.259. The van der Waals surface area contributed by atoms with Crippen molar-refractivity contribution in [3.05, 3.63) is 100 Å². The number of carbonyl (C=O) groups excluding carboxylic acids is 1. The number of nitrogen functional groups attached to an aromatic ring is 1. The summed E-state index contributed by atoms with van der Waals surface area (Å²) < 4.78 is 14.1. The van der Waals surface area contributed by atoms with Crippen LogP contribution < -0.4 is 10.5 Å². The summed E-state index contributed by atoms with van der Waals surface area (Å²) in [7, 11) is 1.36. The Balaban J connectivity index is 1.79. The van der Waals surface area contributed by atoms with E-state index in [0.717, 1.165) is 38.4 Å². The number of hydrogen-bond donors (Lipinski definition) is 1. The van der Waals surface area contributed by atoms with Crippen LogP contribution in [0.1, 0.15) is 21.6 Å². The maximum absolute atomic E-state index is 12.1. The van der Waals surface area contributed by atoms with E-state index in [9.17, 15) is 4.79 Å². The van der Waals surface area contributed by atoms with Gasteiger partial charge in [0.05, 0.1) is 18.4 Å². The van der Waals surface area contributed by atoms with Crippen LogP contribution in [0.4, 0.5) is 5.69 Å². The molecule has 0 radical (unpaired) electrons. The third-order valence-corrected chi connectivity index (χ3v) is 5.64. The normalized spacial score (nSPS) is 10.7. The first-order chi connectivity index (χ1) is 15.5. The molecule has 162 valence electrons. The number of nitrogens with zero attached hydrogens (tertiary/aromatic N) is 1. The van der Waals surface area contributed by atoms with Crippen LogP contribution in [0.25, 0.3) is 16.9 Å². The summed E-state index contributed by atoms with van der Waals surface area (Å²) in [6.45, 7) is 2.47. The van der Waals surface area contributed by atoms with Crippen LogP contribution in [0.5, 0.6) is 5.75 Å². The standard InChI is InChI=1S/C26H23BrN2O3/c1-17-8-10-24(29(17)22-13-19(26(30)31-2)12-21(28)15-22)23-14-20(27)9-11-25(23)32-16-18-6-4-3-5-7-18/h3-15H,16,28H2,1-2H3. The highest BCUT2D eigenvalue weighted by atomic mass is 79.9. The molecular formula is C26H23BrN2O3. The van der Waals surface area contributed by atoms with E-state index in [1.165, 1.54) is 7.11 Å². The van der Waals surface area contributed by atoms with Gasteiger partial charge in [0.1, 0.15) is 12.4 Å². The first-order valence-electron chi connectivity index (χ1n) is 10.1. The van der Waals surface area contributed by atoms with Crippen molar-refractivity contribution in [2.24, 2.45) is 0 Å². The maximum atomic E-state index is 12.1. The third-order valence-electron chi connectivity index (χ3n) is 5.15. The van der Waals surface area contributed by atoms with E-state index in [4.69, 9.17) is 15.2 Å². The summed E-state index contributed by atoms with van der Waals surface area (Å²) in [5.74, 6) is 0.327. The van der Waals surface area contributed by atoms with Crippen molar-refractivity contribution in [1.82, 2.24) is 4.57 Å². The van der Waals surface area contributed by atoms with Gasteiger partial charge in [-0.1, -0.05) is 46.3 Å². The largest absolute Gasteiger partial charge is 0.488 e. The molecule has 0 amide bonds. The van der Waals surface area contributed by atoms with Gasteiger partial charge in [-0.15, -0.1) is 0 Å². The molecule has 0 aliphatic heterocycles. The predicted molar refractivity (Wildman–Crippen MR) is 130 cm³/mol. The number of aromatic nitrogens is 1. The fraction of sp³-hybridized carbons (Fsp3) is 0.115. The van der Waals surface area contributed by atoms with E-state index in [2.05, 4.69) is 20.5 Å². The summed E-state index contributed by atoms with van der Waals surface area (Å²) in [6, 6.07) is 25.3. The van der Waals surface area contributed by atoms with Crippen molar-refractivity contribution in [3.63, 3.8) is 0 Å². The van der Waals surface area contributed by atoms with E-state index < -0.39 is 5.97 Å². The Morgan fingerprint density at radius 3 is 2.53 bits per heavy atom. The lowest BCUT2D eigenvalue weighted by Crippen LogP contribution is -2.07. The SMILES string of the molecule is COC(=O)c1cc(N)cc(-n2c(C)ccc2-c2cc(Br)ccc2OCc2ccccc2)c1. The van der Waals surface area contributed by atoms with E-state index in [-0.39, 0.29) is 0 Å². The number of carbonyl (C=O) groups is 1. The predicted octanol–water partition coefficient (Wildman–Crippen LogP) is 6.16. The Bertz CT molecular complexity index is 1270. The number of aryl methyl sites for hydroxylation is 1. The van der Waals surface area contributed by atoms with Gasteiger partial charge in [-0.2, -0.15) is 0 Å². The number of halogens is 1. The number of ether oxygens (including phenoxy) is 2. The highest BCUT2D eigenvalue weighted by Crippen LogP contribution is 2.36. The monoisotopic (exact) mass is 490 g/mol. The number of anilines is 1. The minimum absolute atomic E-state index is 0.399. The molecule has 4 aromatic rings. The fourth-order valence-corrected chi connectivity index (χ4v) is 4.02. The molecule has 1 aromatic heterocycles. The molecule has 0 unspecified atom stereocenters. The molecule has 0 spiro atoms. The van der Waals surface area contributed by atoms with Gasteiger partial charge >= 0.3 is 5.97 Å². The van der Waals surface area contributed by atoms with Crippen molar-refractivity contribution < 1.29 is 14.3 Å². The Hall–Kier alpha value is -3.51. The fourth-order valence-electron chi connectivity index (χ4n) is 3.65. The van der Waals surface area contributed by atoms with Crippen LogP contribution in [0.3, 0.4) is 0 Å². The van der Waals surface area contributed by atoms with Crippen LogP contribution in [-0.2, 0) is 11.3 Å². The number of hydrogen-bond acceptors (Lipinski definition) is 4. The summed E-state index contributed by atoms with van der Waals surface area (Å²) in [6.07, 6.45) is 0. The van der Waals surface area contributed by atoms with Gasteiger partial charge in [-0.3, -0.25) is 0 Å². The summed E-state index contributed by atoms with van der Waals surface area (Å²) in [5.41, 5.74) is 11.7. The van der Waals surface area contributed by atoms with Gasteiger partial charge in [0.15, 0.2) is 0 Å². The van der Waals surface area contributed by atoms with Crippen LogP contribution >= 0.6 is 15.9 Å². The van der Waals surface area contributed by atoms with Gasteiger partial charge in [0, 0.05) is 27.1 Å². The molecule has 32 heavy (non-hydrogen) atoms. The first kappa shape index (κ1) is 21.7. The molecular weight excluding hydrogens is 468 g/mol. The molecule has 0 saturated heterocycles. The molecule has 6 heteroatoms. The van der Waals surface area contributed by atoms with Gasteiger partial charge in [-0.25, -0.2) is 4.79 Å². The van der Waals surface area contributed by atoms with Crippen molar-refractivity contribution in [1.29, 1.82) is 0 Å². The lowest BCUT2D eigenvalue weighted by molar-refractivity contribution is 0.0600. The molecule has 3 aromatic carbocycles. The van der Waals surface area contributed by atoms with E-state index in [1.807, 2.05) is 73.7 Å². The van der Waals surface area contributed by atoms with Crippen LogP contribution in [-0.4, -0.2) is 17.6 Å². The zero-order chi connectivity index (χ0) is 22.7. The summed E-state index contributed by atoms with van der Waals surface area (Å²) in [5, 5.41) is 0. The Kier molecular flexibility index (Phi) is 6.32. The van der Waals surface area contributed by atoms with Crippen molar-refractivity contribution in [2.75, 3.05) is 12.8 Å². The lowest BCUT2D eigenvalue weighted by atomic mass is 10.1. The minimum Gasteiger partial charge on any atom is -0.488 e. The number of benzene rings is 3. The molecule has 4 rings (SSSR count). The topological polar surface area (TPSA) is 66.5 Å². The highest BCUT2D eigenvalue weighted by molar-refractivity contribution is 9.10. The number of methoxy groups -OCH3 is 1. The lowest BCUT2D eigenvalue weighted by Gasteiger charge is -2.17.